The van der Waals surface area contributed by atoms with Crippen LogP contribution in [0.4, 0.5) is 4.79 Å². The second-order valence-electron chi connectivity index (χ2n) is 6.24. The predicted octanol–water partition coefficient (Wildman–Crippen LogP) is 0.729. The molecule has 4 saturated heterocycles. The van der Waals surface area contributed by atoms with Crippen molar-refractivity contribution < 1.29 is 14.7 Å². The maximum absolute atomic E-state index is 12.4. The Labute approximate surface area is 119 Å². The van der Waals surface area contributed by atoms with Crippen molar-refractivity contribution >= 4 is 12.0 Å². The van der Waals surface area contributed by atoms with Crippen molar-refractivity contribution in [2.24, 2.45) is 5.92 Å². The van der Waals surface area contributed by atoms with E-state index in [0.29, 0.717) is 18.9 Å². The average Bonchev–Trinajstić information content (AvgIpc) is 2.48. The fraction of sp³-hybridized carbons (Fsp3) is 0.857. The lowest BCUT2D eigenvalue weighted by Gasteiger charge is -2.45. The van der Waals surface area contributed by atoms with E-state index >= 15 is 0 Å². The Bertz CT molecular complexity index is 393. The van der Waals surface area contributed by atoms with E-state index < -0.39 is 12.0 Å². The molecular weight excluding hydrogens is 258 g/mol. The molecule has 2 unspecified atom stereocenters. The molecule has 6 heteroatoms. The highest BCUT2D eigenvalue weighted by Crippen LogP contribution is 2.28. The number of likely N-dealkylation sites (tertiary alicyclic amines) is 1. The molecule has 0 radical (unpaired) electrons. The van der Waals surface area contributed by atoms with E-state index in [0.717, 1.165) is 45.3 Å². The zero-order valence-corrected chi connectivity index (χ0v) is 11.8. The Hall–Kier alpha value is -1.30. The normalized spacial score (nSPS) is 36.7. The van der Waals surface area contributed by atoms with Gasteiger partial charge < -0.3 is 20.2 Å². The van der Waals surface area contributed by atoms with Crippen molar-refractivity contribution in [3.05, 3.63) is 0 Å². The lowest BCUT2D eigenvalue weighted by Crippen LogP contribution is -2.61. The van der Waals surface area contributed by atoms with E-state index in [-0.39, 0.29) is 12.1 Å². The van der Waals surface area contributed by atoms with Crippen LogP contribution >= 0.6 is 0 Å². The predicted molar refractivity (Wildman–Crippen MR) is 73.5 cm³/mol. The summed E-state index contributed by atoms with van der Waals surface area (Å²) < 4.78 is 0. The summed E-state index contributed by atoms with van der Waals surface area (Å²) in [6, 6.07) is -0.637. The maximum Gasteiger partial charge on any atom is 0.326 e. The Kier molecular flexibility index (Phi) is 3.83. The second kappa shape index (κ2) is 5.60. The van der Waals surface area contributed by atoms with E-state index in [1.54, 1.807) is 0 Å². The van der Waals surface area contributed by atoms with Gasteiger partial charge in [-0.25, -0.2) is 9.59 Å². The van der Waals surface area contributed by atoms with E-state index in [1.807, 2.05) is 0 Å². The van der Waals surface area contributed by atoms with Crippen LogP contribution in [0.25, 0.3) is 0 Å². The summed E-state index contributed by atoms with van der Waals surface area (Å²) in [5, 5.41) is 12.3. The van der Waals surface area contributed by atoms with Crippen LogP contribution in [0.1, 0.15) is 32.1 Å². The second-order valence-corrected chi connectivity index (χ2v) is 6.24. The number of piperidine rings is 4. The minimum atomic E-state index is -0.881. The van der Waals surface area contributed by atoms with E-state index in [9.17, 15) is 14.7 Å². The van der Waals surface area contributed by atoms with Gasteiger partial charge in [0.25, 0.3) is 0 Å². The van der Waals surface area contributed by atoms with Gasteiger partial charge in [0.2, 0.25) is 0 Å². The Morgan fingerprint density at radius 3 is 2.40 bits per heavy atom. The number of hydrogen-bond acceptors (Lipinski definition) is 3. The Morgan fingerprint density at radius 2 is 1.80 bits per heavy atom. The largest absolute Gasteiger partial charge is 0.480 e. The molecule has 2 atom stereocenters. The minimum absolute atomic E-state index is 0.184. The van der Waals surface area contributed by atoms with E-state index in [4.69, 9.17) is 0 Å². The molecule has 4 aliphatic rings. The van der Waals surface area contributed by atoms with Crippen LogP contribution in [0, 0.1) is 5.92 Å². The van der Waals surface area contributed by atoms with Crippen LogP contribution < -0.4 is 5.32 Å². The monoisotopic (exact) mass is 281 g/mol. The van der Waals surface area contributed by atoms with Crippen LogP contribution in [0.5, 0.6) is 0 Å². The first-order valence-corrected chi connectivity index (χ1v) is 7.67. The number of nitrogens with zero attached hydrogens (tertiary/aromatic N) is 2. The first kappa shape index (κ1) is 13.7. The van der Waals surface area contributed by atoms with Gasteiger partial charge in [0.05, 0.1) is 0 Å². The van der Waals surface area contributed by atoms with Gasteiger partial charge in [0.15, 0.2) is 0 Å². The number of aliphatic carboxylic acids is 1. The zero-order chi connectivity index (χ0) is 14.1. The summed E-state index contributed by atoms with van der Waals surface area (Å²) in [4.78, 5) is 27.6. The summed E-state index contributed by atoms with van der Waals surface area (Å²) in [7, 11) is 0. The van der Waals surface area contributed by atoms with Gasteiger partial charge in [-0.3, -0.25) is 0 Å². The van der Waals surface area contributed by atoms with Crippen LogP contribution in [0.2, 0.25) is 0 Å². The lowest BCUT2D eigenvalue weighted by atomic mass is 9.84. The van der Waals surface area contributed by atoms with E-state index in [1.165, 1.54) is 4.90 Å². The third-order valence-corrected chi connectivity index (χ3v) is 5.01. The number of urea groups is 1. The average molecular weight is 281 g/mol. The third kappa shape index (κ3) is 2.61. The molecule has 0 aromatic heterocycles. The number of rotatable bonds is 2. The standard InChI is InChI=1S/C14H23N3O3/c18-13(19)12-3-1-2-6-17(12)14(20)15-11-9-16-7-4-10(11)5-8-16/h10-12H,1-9H2,(H,15,20)(H,18,19). The Balaban J connectivity index is 1.61. The molecule has 2 N–H and O–H groups in total. The molecule has 112 valence electrons. The summed E-state index contributed by atoms with van der Waals surface area (Å²) in [6.07, 6.45) is 4.65. The van der Waals surface area contributed by atoms with Gasteiger partial charge in [0, 0.05) is 19.1 Å². The number of carbonyl (C=O) groups is 2. The number of amides is 2. The highest BCUT2D eigenvalue weighted by Gasteiger charge is 2.38. The fourth-order valence-electron chi connectivity index (χ4n) is 3.80. The number of hydrogen-bond donors (Lipinski definition) is 2. The van der Waals surface area contributed by atoms with Gasteiger partial charge in [-0.15, -0.1) is 0 Å². The minimum Gasteiger partial charge on any atom is -0.480 e. The summed E-state index contributed by atoms with van der Waals surface area (Å²) in [6.45, 7) is 3.75. The van der Waals surface area contributed by atoms with Gasteiger partial charge in [-0.1, -0.05) is 0 Å². The molecule has 0 aromatic rings. The van der Waals surface area contributed by atoms with Crippen molar-refractivity contribution in [3.63, 3.8) is 0 Å². The smallest absolute Gasteiger partial charge is 0.326 e. The third-order valence-electron chi connectivity index (χ3n) is 5.01. The highest BCUT2D eigenvalue weighted by molar-refractivity contribution is 5.83. The molecule has 0 aromatic carbocycles. The maximum atomic E-state index is 12.4. The summed E-state index contributed by atoms with van der Waals surface area (Å²) in [5.74, 6) is -0.314. The Morgan fingerprint density at radius 1 is 1.05 bits per heavy atom. The SMILES string of the molecule is O=C(O)C1CCCCN1C(=O)NC1CN2CCC1CC2. The number of carbonyl (C=O) groups excluding carboxylic acids is 1. The van der Waals surface area contributed by atoms with Crippen molar-refractivity contribution in [2.45, 2.75) is 44.2 Å². The quantitative estimate of drug-likeness (QED) is 0.782. The molecule has 0 aliphatic carbocycles. The first-order chi connectivity index (χ1) is 9.65. The van der Waals surface area contributed by atoms with Crippen LogP contribution in [-0.4, -0.2) is 65.2 Å². The van der Waals surface area contributed by atoms with Crippen LogP contribution in [0.3, 0.4) is 0 Å². The van der Waals surface area contributed by atoms with E-state index in [2.05, 4.69) is 10.2 Å². The summed E-state index contributed by atoms with van der Waals surface area (Å²) >= 11 is 0. The van der Waals surface area contributed by atoms with Gasteiger partial charge in [-0.2, -0.15) is 0 Å². The number of carboxylic acids is 1. The molecule has 20 heavy (non-hydrogen) atoms. The first-order valence-electron chi connectivity index (χ1n) is 7.67. The number of nitrogens with one attached hydrogen (secondary N) is 1. The molecule has 4 rings (SSSR count). The summed E-state index contributed by atoms with van der Waals surface area (Å²) in [5.41, 5.74) is 0. The number of carboxylic acid groups (broad SMARTS) is 1. The van der Waals surface area contributed by atoms with Crippen LogP contribution in [-0.2, 0) is 4.79 Å². The molecule has 0 spiro atoms. The van der Waals surface area contributed by atoms with Crippen molar-refractivity contribution in [2.75, 3.05) is 26.2 Å². The zero-order valence-electron chi connectivity index (χ0n) is 11.8. The molecule has 2 bridgehead atoms. The highest BCUT2D eigenvalue weighted by atomic mass is 16.4. The van der Waals surface area contributed by atoms with Crippen molar-refractivity contribution in [3.8, 4) is 0 Å². The van der Waals surface area contributed by atoms with Crippen molar-refractivity contribution in [1.29, 1.82) is 0 Å². The van der Waals surface area contributed by atoms with Crippen LogP contribution in [0.15, 0.2) is 0 Å². The number of fused-ring (bicyclic) bond motifs is 3. The lowest BCUT2D eigenvalue weighted by molar-refractivity contribution is -0.143. The molecule has 4 fully saturated rings. The topological polar surface area (TPSA) is 72.9 Å². The molecule has 4 heterocycles. The molecular formula is C14H23N3O3. The van der Waals surface area contributed by atoms with Gasteiger partial charge in [0.1, 0.15) is 6.04 Å². The van der Waals surface area contributed by atoms with Gasteiger partial charge >= 0.3 is 12.0 Å². The van der Waals surface area contributed by atoms with Gasteiger partial charge in [-0.05, 0) is 51.1 Å². The fourth-order valence-corrected chi connectivity index (χ4v) is 3.80. The molecule has 0 saturated carbocycles. The molecule has 2 amide bonds. The van der Waals surface area contributed by atoms with Crippen molar-refractivity contribution in [1.82, 2.24) is 15.1 Å². The molecule has 6 nitrogen and oxygen atoms in total. The molecule has 4 aliphatic heterocycles.